The van der Waals surface area contributed by atoms with E-state index in [0.29, 0.717) is 10.7 Å². The van der Waals surface area contributed by atoms with Crippen LogP contribution in [-0.2, 0) is 11.2 Å². The molecule has 72 valence electrons. The van der Waals surface area contributed by atoms with E-state index in [9.17, 15) is 9.90 Å². The van der Waals surface area contributed by atoms with Gasteiger partial charge in [-0.25, -0.2) is 0 Å². The first-order valence-corrected chi connectivity index (χ1v) is 4.37. The van der Waals surface area contributed by atoms with Crippen molar-refractivity contribution in [1.29, 1.82) is 0 Å². The molecule has 2 rings (SSSR count). The monoisotopic (exact) mass is 232 g/mol. The van der Waals surface area contributed by atoms with Crippen LogP contribution >= 0.6 is 11.6 Å². The van der Waals surface area contributed by atoms with Crippen LogP contribution in [0.4, 0.5) is 0 Å². The van der Waals surface area contributed by atoms with Crippen LogP contribution < -0.4 is 34.7 Å². The van der Waals surface area contributed by atoms with Crippen LogP contribution in [0.1, 0.15) is 5.69 Å². The minimum absolute atomic E-state index is 0. The Kier molecular flexibility index (Phi) is 4.16. The number of aliphatic carboxylic acids is 1. The molecule has 0 bridgehead atoms. The summed E-state index contributed by atoms with van der Waals surface area (Å²) >= 11 is 5.78. The van der Waals surface area contributed by atoms with E-state index in [4.69, 9.17) is 11.6 Å². The van der Waals surface area contributed by atoms with E-state index in [0.717, 1.165) is 10.9 Å². The molecule has 0 aliphatic heterocycles. The Labute approximate surface area is 113 Å². The third-order valence-corrected chi connectivity index (χ3v) is 2.15. The maximum Gasteiger partial charge on any atom is 1.00 e. The second-order valence-corrected chi connectivity index (χ2v) is 3.35. The van der Waals surface area contributed by atoms with Crippen LogP contribution in [0.15, 0.2) is 18.2 Å². The quantitative estimate of drug-likeness (QED) is 0.583. The summed E-state index contributed by atoms with van der Waals surface area (Å²) in [6.07, 6.45) is -0.208. The molecule has 0 spiro atoms. The smallest absolute Gasteiger partial charge is 0.550 e. The van der Waals surface area contributed by atoms with Gasteiger partial charge in [-0.3, -0.25) is 5.10 Å². The van der Waals surface area contributed by atoms with Gasteiger partial charge in [0.05, 0.1) is 11.2 Å². The summed E-state index contributed by atoms with van der Waals surface area (Å²) in [5.41, 5.74) is 1.22. The summed E-state index contributed by atoms with van der Waals surface area (Å²) in [5.74, 6) is -1.15. The standard InChI is InChI=1S/C9H7ClN2O2.Na/c10-5-1-2-7-6(3-5)8(12-11-7)4-9(13)14;/h1-3H,4H2,(H,11,12)(H,13,14);/q;+1/p-1. The van der Waals surface area contributed by atoms with Crippen molar-refractivity contribution in [3.63, 3.8) is 0 Å². The molecule has 0 amide bonds. The fourth-order valence-corrected chi connectivity index (χ4v) is 1.48. The van der Waals surface area contributed by atoms with Gasteiger partial charge >= 0.3 is 29.6 Å². The number of nitrogens with zero attached hydrogens (tertiary/aromatic N) is 1. The number of H-pyrrole nitrogens is 1. The number of hydrogen-bond donors (Lipinski definition) is 1. The molecule has 0 atom stereocenters. The Morgan fingerprint density at radius 2 is 2.27 bits per heavy atom. The summed E-state index contributed by atoms with van der Waals surface area (Å²) in [5, 5.41) is 18.3. The number of halogens is 1. The predicted octanol–water partition coefficient (Wildman–Crippen LogP) is -2.49. The van der Waals surface area contributed by atoms with E-state index < -0.39 is 5.97 Å². The first-order valence-electron chi connectivity index (χ1n) is 3.99. The Balaban J connectivity index is 0.00000112. The number of aromatic nitrogens is 2. The number of rotatable bonds is 2. The van der Waals surface area contributed by atoms with Crippen molar-refractivity contribution in [2.45, 2.75) is 6.42 Å². The summed E-state index contributed by atoms with van der Waals surface area (Å²) in [6.45, 7) is 0. The van der Waals surface area contributed by atoms with Crippen molar-refractivity contribution in [1.82, 2.24) is 10.2 Å². The number of carbonyl (C=O) groups is 1. The fraction of sp³-hybridized carbons (Fsp3) is 0.111. The fourth-order valence-electron chi connectivity index (χ4n) is 1.31. The number of fused-ring (bicyclic) bond motifs is 1. The van der Waals surface area contributed by atoms with Crippen LogP contribution in [0.5, 0.6) is 0 Å². The maximum absolute atomic E-state index is 10.4. The van der Waals surface area contributed by atoms with E-state index in [1.54, 1.807) is 18.2 Å². The number of carbonyl (C=O) groups excluding carboxylic acids is 1. The molecule has 0 saturated carbocycles. The van der Waals surface area contributed by atoms with Crippen LogP contribution in [0, 0.1) is 0 Å². The van der Waals surface area contributed by atoms with Gasteiger partial charge in [0.25, 0.3) is 0 Å². The molecule has 0 radical (unpaired) electrons. The van der Waals surface area contributed by atoms with Crippen molar-refractivity contribution >= 4 is 28.5 Å². The molecule has 1 N–H and O–H groups in total. The van der Waals surface area contributed by atoms with Gasteiger partial charge < -0.3 is 9.90 Å². The summed E-state index contributed by atoms with van der Waals surface area (Å²) < 4.78 is 0. The topological polar surface area (TPSA) is 68.8 Å². The summed E-state index contributed by atoms with van der Waals surface area (Å²) in [6, 6.07) is 5.15. The Morgan fingerprint density at radius 1 is 1.53 bits per heavy atom. The van der Waals surface area contributed by atoms with Gasteiger partial charge in [0.15, 0.2) is 0 Å². The van der Waals surface area contributed by atoms with Crippen LogP contribution in [0.25, 0.3) is 10.9 Å². The van der Waals surface area contributed by atoms with Gasteiger partial charge in [-0.2, -0.15) is 5.10 Å². The van der Waals surface area contributed by atoms with Gasteiger partial charge in [-0.05, 0) is 18.2 Å². The number of aromatic amines is 1. The number of hydrogen-bond acceptors (Lipinski definition) is 3. The van der Waals surface area contributed by atoms with Crippen LogP contribution in [-0.4, -0.2) is 16.2 Å². The van der Waals surface area contributed by atoms with Crippen molar-refractivity contribution in [2.75, 3.05) is 0 Å². The number of nitrogens with one attached hydrogen (secondary N) is 1. The first kappa shape index (κ1) is 12.5. The van der Waals surface area contributed by atoms with Gasteiger partial charge in [0.1, 0.15) is 0 Å². The molecule has 0 fully saturated rings. The Hall–Kier alpha value is -0.550. The number of carboxylic acids is 1. The maximum atomic E-state index is 10.4. The average molecular weight is 233 g/mol. The molecule has 0 unspecified atom stereocenters. The SMILES string of the molecule is O=C([O-])Cc1n[nH]c2ccc(Cl)cc12.[Na+]. The largest absolute Gasteiger partial charge is 1.00 e. The molecule has 6 heteroatoms. The van der Waals surface area contributed by atoms with Crippen molar-refractivity contribution < 1.29 is 39.5 Å². The molecule has 0 saturated heterocycles. The van der Waals surface area contributed by atoms with Crippen LogP contribution in [0.3, 0.4) is 0 Å². The summed E-state index contributed by atoms with van der Waals surface area (Å²) in [7, 11) is 0. The van der Waals surface area contributed by atoms with E-state index in [1.165, 1.54) is 0 Å². The van der Waals surface area contributed by atoms with Crippen LogP contribution in [0.2, 0.25) is 5.02 Å². The second kappa shape index (κ2) is 4.99. The third-order valence-electron chi connectivity index (χ3n) is 1.92. The molecule has 2 aromatic rings. The minimum atomic E-state index is -1.15. The number of benzene rings is 1. The zero-order chi connectivity index (χ0) is 10.1. The Bertz CT molecular complexity index is 498. The second-order valence-electron chi connectivity index (χ2n) is 2.91. The molecule has 4 nitrogen and oxygen atoms in total. The van der Waals surface area contributed by atoms with Crippen molar-refractivity contribution in [3.8, 4) is 0 Å². The van der Waals surface area contributed by atoms with E-state index in [2.05, 4.69) is 10.2 Å². The molecule has 0 aliphatic carbocycles. The molecular weight excluding hydrogens is 227 g/mol. The normalized spacial score (nSPS) is 9.93. The zero-order valence-corrected chi connectivity index (χ0v) is 10.8. The minimum Gasteiger partial charge on any atom is -0.550 e. The first-order chi connectivity index (χ1) is 6.66. The zero-order valence-electron chi connectivity index (χ0n) is 8.08. The molecule has 15 heavy (non-hydrogen) atoms. The third kappa shape index (κ3) is 2.72. The predicted molar refractivity (Wildman–Crippen MR) is 49.8 cm³/mol. The summed E-state index contributed by atoms with van der Waals surface area (Å²) in [4.78, 5) is 10.4. The number of carboxylic acid groups (broad SMARTS) is 1. The van der Waals surface area contributed by atoms with E-state index >= 15 is 0 Å². The van der Waals surface area contributed by atoms with Gasteiger partial charge in [-0.1, -0.05) is 11.6 Å². The molecule has 0 aliphatic rings. The van der Waals surface area contributed by atoms with Gasteiger partial charge in [-0.15, -0.1) is 0 Å². The van der Waals surface area contributed by atoms with Crippen molar-refractivity contribution in [2.24, 2.45) is 0 Å². The van der Waals surface area contributed by atoms with E-state index in [-0.39, 0.29) is 36.0 Å². The van der Waals surface area contributed by atoms with Gasteiger partial charge in [0, 0.05) is 22.8 Å². The molecule has 1 aromatic carbocycles. The van der Waals surface area contributed by atoms with E-state index in [1.807, 2.05) is 0 Å². The molecule has 1 aromatic heterocycles. The Morgan fingerprint density at radius 3 is 2.93 bits per heavy atom. The average Bonchev–Trinajstić information content (AvgIpc) is 2.47. The van der Waals surface area contributed by atoms with Gasteiger partial charge in [0.2, 0.25) is 0 Å². The van der Waals surface area contributed by atoms with Crippen molar-refractivity contribution in [3.05, 3.63) is 28.9 Å². The molecule has 1 heterocycles. The molecular formula is C9H6ClN2NaO2.